The zero-order chi connectivity index (χ0) is 11.4. The van der Waals surface area contributed by atoms with Crippen LogP contribution in [-0.4, -0.2) is 29.0 Å². The van der Waals surface area contributed by atoms with Crippen molar-refractivity contribution in [3.05, 3.63) is 16.1 Å². The van der Waals surface area contributed by atoms with Crippen LogP contribution >= 0.6 is 36.2 Å². The van der Waals surface area contributed by atoms with Crippen LogP contribution in [0.15, 0.2) is 5.38 Å². The molecular formula is C12H23Cl2N3S. The molecule has 106 valence electrons. The van der Waals surface area contributed by atoms with Gasteiger partial charge in [-0.2, -0.15) is 0 Å². The molecule has 0 bridgehead atoms. The molecule has 2 heterocycles. The largest absolute Gasteiger partial charge is 0.327 e. The lowest BCUT2D eigenvalue weighted by Gasteiger charge is -2.29. The monoisotopic (exact) mass is 311 g/mol. The van der Waals surface area contributed by atoms with Crippen LogP contribution in [0.5, 0.6) is 0 Å². The highest BCUT2D eigenvalue weighted by Gasteiger charge is 2.17. The fourth-order valence-electron chi connectivity index (χ4n) is 2.21. The first-order valence-electron chi connectivity index (χ1n) is 6.19. The van der Waals surface area contributed by atoms with Gasteiger partial charge in [-0.15, -0.1) is 36.2 Å². The van der Waals surface area contributed by atoms with E-state index in [2.05, 4.69) is 22.2 Å². The SMILES string of the molecule is CCCc1nc(CN2CCCC(N)C2)cs1.Cl.Cl. The van der Waals surface area contributed by atoms with Crippen LogP contribution in [-0.2, 0) is 13.0 Å². The van der Waals surface area contributed by atoms with Crippen molar-refractivity contribution in [3.63, 3.8) is 0 Å². The van der Waals surface area contributed by atoms with E-state index in [4.69, 9.17) is 5.73 Å². The Bertz CT molecular complexity index is 333. The molecule has 2 rings (SSSR count). The first-order valence-corrected chi connectivity index (χ1v) is 7.07. The van der Waals surface area contributed by atoms with Gasteiger partial charge in [0.1, 0.15) is 0 Å². The molecule has 0 aromatic carbocycles. The number of halogens is 2. The molecule has 1 atom stereocenters. The third-order valence-electron chi connectivity index (χ3n) is 2.99. The van der Waals surface area contributed by atoms with E-state index in [9.17, 15) is 0 Å². The van der Waals surface area contributed by atoms with Crippen molar-refractivity contribution < 1.29 is 0 Å². The van der Waals surface area contributed by atoms with Crippen molar-refractivity contribution in [1.82, 2.24) is 9.88 Å². The molecule has 1 fully saturated rings. The van der Waals surface area contributed by atoms with Crippen molar-refractivity contribution in [2.45, 2.75) is 45.2 Å². The van der Waals surface area contributed by atoms with Crippen LogP contribution in [0.3, 0.4) is 0 Å². The Labute approximate surface area is 126 Å². The van der Waals surface area contributed by atoms with Gasteiger partial charge in [-0.3, -0.25) is 4.90 Å². The summed E-state index contributed by atoms with van der Waals surface area (Å²) in [5.41, 5.74) is 7.20. The Balaban J connectivity index is 0.00000144. The normalized spacial score (nSPS) is 20.0. The minimum atomic E-state index is 0. The number of thiazole rings is 1. The van der Waals surface area contributed by atoms with Gasteiger partial charge in [-0.05, 0) is 32.2 Å². The summed E-state index contributed by atoms with van der Waals surface area (Å²) in [6, 6.07) is 0.363. The van der Waals surface area contributed by atoms with Crippen LogP contribution < -0.4 is 5.73 Å². The molecule has 2 N–H and O–H groups in total. The summed E-state index contributed by atoms with van der Waals surface area (Å²) in [7, 11) is 0. The maximum atomic E-state index is 5.97. The summed E-state index contributed by atoms with van der Waals surface area (Å²) in [4.78, 5) is 7.08. The molecule has 18 heavy (non-hydrogen) atoms. The molecule has 6 heteroatoms. The van der Waals surface area contributed by atoms with E-state index in [1.54, 1.807) is 11.3 Å². The number of likely N-dealkylation sites (tertiary alicyclic amines) is 1. The van der Waals surface area contributed by atoms with Crippen LogP contribution in [0.25, 0.3) is 0 Å². The maximum Gasteiger partial charge on any atom is 0.0928 e. The van der Waals surface area contributed by atoms with Gasteiger partial charge in [0.15, 0.2) is 0 Å². The van der Waals surface area contributed by atoms with E-state index in [1.165, 1.54) is 36.5 Å². The Kier molecular flexibility index (Phi) is 9.17. The predicted molar refractivity (Wildman–Crippen MR) is 83.1 cm³/mol. The van der Waals surface area contributed by atoms with Crippen molar-refractivity contribution in [2.75, 3.05) is 13.1 Å². The number of piperidine rings is 1. The first-order chi connectivity index (χ1) is 7.78. The Morgan fingerprint density at radius 1 is 1.50 bits per heavy atom. The third kappa shape index (κ3) is 5.41. The van der Waals surface area contributed by atoms with Gasteiger partial charge >= 0.3 is 0 Å². The lowest BCUT2D eigenvalue weighted by Crippen LogP contribution is -2.42. The molecule has 3 nitrogen and oxygen atoms in total. The fourth-order valence-corrected chi connectivity index (χ4v) is 3.11. The second-order valence-corrected chi connectivity index (χ2v) is 5.56. The molecular weight excluding hydrogens is 289 g/mol. The van der Waals surface area contributed by atoms with Crippen LogP contribution in [0, 0.1) is 0 Å². The summed E-state index contributed by atoms with van der Waals surface area (Å²) in [5.74, 6) is 0. The molecule has 1 unspecified atom stereocenters. The standard InChI is InChI=1S/C12H21N3S.2ClH/c1-2-4-12-14-11(9-16-12)8-15-6-3-5-10(13)7-15;;/h9-10H,2-8,13H2,1H3;2*1H. The fraction of sp³-hybridized carbons (Fsp3) is 0.750. The van der Waals surface area contributed by atoms with Gasteiger partial charge in [0.2, 0.25) is 0 Å². The van der Waals surface area contributed by atoms with Gasteiger partial charge in [-0.25, -0.2) is 4.98 Å². The number of nitrogens with zero attached hydrogens (tertiary/aromatic N) is 2. The van der Waals surface area contributed by atoms with Crippen LogP contribution in [0.4, 0.5) is 0 Å². The second-order valence-electron chi connectivity index (χ2n) is 4.62. The molecule has 0 spiro atoms. The van der Waals surface area contributed by atoms with Crippen LogP contribution in [0.2, 0.25) is 0 Å². The second kappa shape index (κ2) is 9.10. The van der Waals surface area contributed by atoms with E-state index in [1.807, 2.05) is 0 Å². The van der Waals surface area contributed by atoms with Crippen molar-refractivity contribution in [2.24, 2.45) is 5.73 Å². The highest BCUT2D eigenvalue weighted by Crippen LogP contribution is 2.16. The van der Waals surface area contributed by atoms with E-state index >= 15 is 0 Å². The van der Waals surface area contributed by atoms with Crippen molar-refractivity contribution >= 4 is 36.2 Å². The van der Waals surface area contributed by atoms with E-state index < -0.39 is 0 Å². The lowest BCUT2D eigenvalue weighted by molar-refractivity contribution is 0.199. The quantitative estimate of drug-likeness (QED) is 0.929. The van der Waals surface area contributed by atoms with Gasteiger partial charge < -0.3 is 5.73 Å². The van der Waals surface area contributed by atoms with Gasteiger partial charge in [-0.1, -0.05) is 6.92 Å². The van der Waals surface area contributed by atoms with Gasteiger partial charge in [0.25, 0.3) is 0 Å². The smallest absolute Gasteiger partial charge is 0.0928 e. The van der Waals surface area contributed by atoms with E-state index in [0.717, 1.165) is 19.5 Å². The molecule has 1 aliphatic rings. The highest BCUT2D eigenvalue weighted by molar-refractivity contribution is 7.09. The Hall–Kier alpha value is 0.130. The number of aromatic nitrogens is 1. The van der Waals surface area contributed by atoms with Crippen LogP contribution in [0.1, 0.15) is 36.9 Å². The summed E-state index contributed by atoms with van der Waals surface area (Å²) < 4.78 is 0. The summed E-state index contributed by atoms with van der Waals surface area (Å²) >= 11 is 1.79. The number of nitrogens with two attached hydrogens (primary N) is 1. The number of aryl methyl sites for hydroxylation is 1. The molecule has 0 amide bonds. The molecule has 1 saturated heterocycles. The zero-order valence-electron chi connectivity index (χ0n) is 10.8. The summed E-state index contributed by atoms with van der Waals surface area (Å²) in [6.07, 6.45) is 4.70. The minimum absolute atomic E-state index is 0. The molecule has 1 aromatic heterocycles. The summed E-state index contributed by atoms with van der Waals surface area (Å²) in [5, 5.41) is 3.48. The minimum Gasteiger partial charge on any atom is -0.327 e. The topological polar surface area (TPSA) is 42.2 Å². The first kappa shape index (κ1) is 18.1. The third-order valence-corrected chi connectivity index (χ3v) is 3.95. The summed E-state index contributed by atoms with van der Waals surface area (Å²) in [6.45, 7) is 5.38. The van der Waals surface area contributed by atoms with Gasteiger partial charge in [0.05, 0.1) is 10.7 Å². The molecule has 0 radical (unpaired) electrons. The average Bonchev–Trinajstić information content (AvgIpc) is 2.66. The Morgan fingerprint density at radius 2 is 2.28 bits per heavy atom. The van der Waals surface area contributed by atoms with Gasteiger partial charge in [0, 0.05) is 24.5 Å². The Morgan fingerprint density at radius 3 is 2.94 bits per heavy atom. The predicted octanol–water partition coefficient (Wildman–Crippen LogP) is 2.86. The average molecular weight is 312 g/mol. The zero-order valence-corrected chi connectivity index (χ0v) is 13.3. The maximum absolute atomic E-state index is 5.97. The molecule has 0 saturated carbocycles. The van der Waals surface area contributed by atoms with Crippen molar-refractivity contribution in [3.8, 4) is 0 Å². The number of hydrogen-bond acceptors (Lipinski definition) is 4. The highest BCUT2D eigenvalue weighted by atomic mass is 35.5. The number of rotatable bonds is 4. The van der Waals surface area contributed by atoms with Crippen molar-refractivity contribution in [1.29, 1.82) is 0 Å². The van der Waals surface area contributed by atoms with E-state index in [0.29, 0.717) is 6.04 Å². The molecule has 1 aliphatic heterocycles. The molecule has 0 aliphatic carbocycles. The number of hydrogen-bond donors (Lipinski definition) is 1. The molecule has 1 aromatic rings. The van der Waals surface area contributed by atoms with E-state index in [-0.39, 0.29) is 24.8 Å². The lowest BCUT2D eigenvalue weighted by atomic mass is 10.1.